The fraction of sp³-hybridized carbons (Fsp3) is 0.348. The lowest BCUT2D eigenvalue weighted by Gasteiger charge is -2.24. The van der Waals surface area contributed by atoms with Crippen LogP contribution in [0.2, 0.25) is 0 Å². The Morgan fingerprint density at radius 3 is 2.58 bits per heavy atom. The molecule has 0 radical (unpaired) electrons. The number of methoxy groups -OCH3 is 1. The number of likely N-dealkylation sites (tertiary alicyclic amines) is 1. The van der Waals surface area contributed by atoms with Crippen molar-refractivity contribution in [3.05, 3.63) is 54.1 Å². The first-order valence-electron chi connectivity index (χ1n) is 10.2. The van der Waals surface area contributed by atoms with Crippen molar-refractivity contribution in [3.8, 4) is 16.9 Å². The first-order valence-corrected chi connectivity index (χ1v) is 10.2. The van der Waals surface area contributed by atoms with Gasteiger partial charge in [0.25, 0.3) is 0 Å². The monoisotopic (exact) mass is 424 g/mol. The van der Waals surface area contributed by atoms with Crippen molar-refractivity contribution in [2.45, 2.75) is 18.9 Å². The van der Waals surface area contributed by atoms with Crippen LogP contribution < -0.4 is 16.2 Å². The Bertz CT molecular complexity index is 948. The minimum absolute atomic E-state index is 0.00443. The molecule has 1 amide bonds. The van der Waals surface area contributed by atoms with E-state index in [2.05, 4.69) is 0 Å². The molecule has 0 unspecified atom stereocenters. The van der Waals surface area contributed by atoms with Crippen LogP contribution in [-0.2, 0) is 14.3 Å². The molecule has 2 atom stereocenters. The molecule has 0 aromatic heterocycles. The van der Waals surface area contributed by atoms with Crippen molar-refractivity contribution >= 4 is 17.7 Å². The normalized spacial score (nSPS) is 17.9. The number of hydrogen-bond acceptors (Lipinski definition) is 6. The van der Waals surface area contributed by atoms with E-state index in [1.165, 1.54) is 7.11 Å². The number of carbonyl (C=O) groups excluding carboxylic acids is 2. The van der Waals surface area contributed by atoms with Gasteiger partial charge < -0.3 is 25.8 Å². The molecule has 1 saturated heterocycles. The standard InChI is InChI=1S/C23H28N4O4/c1-30-22(29)10-15-9-17(27(13-15)21(28)12-24)14-31-18-7-8-19(20(11-18)23(25)26)16-5-3-2-4-6-16/h2-8,11,15,17H,9-10,12-14,24H2,1H3,(H3,25,26)/t15-,17-/m0/s1. The Balaban J connectivity index is 1.74. The summed E-state index contributed by atoms with van der Waals surface area (Å²) in [4.78, 5) is 25.6. The van der Waals surface area contributed by atoms with Gasteiger partial charge >= 0.3 is 5.97 Å². The maximum Gasteiger partial charge on any atom is 0.305 e. The number of nitrogens with zero attached hydrogens (tertiary/aromatic N) is 1. The zero-order valence-corrected chi connectivity index (χ0v) is 17.5. The van der Waals surface area contributed by atoms with Crippen LogP contribution in [0.1, 0.15) is 18.4 Å². The number of carbonyl (C=O) groups is 2. The van der Waals surface area contributed by atoms with Crippen LogP contribution >= 0.6 is 0 Å². The summed E-state index contributed by atoms with van der Waals surface area (Å²) >= 11 is 0. The third-order valence-corrected chi connectivity index (χ3v) is 5.49. The molecule has 31 heavy (non-hydrogen) atoms. The van der Waals surface area contributed by atoms with Gasteiger partial charge in [-0.2, -0.15) is 0 Å². The van der Waals surface area contributed by atoms with Crippen molar-refractivity contribution in [1.29, 1.82) is 5.41 Å². The Morgan fingerprint density at radius 1 is 1.19 bits per heavy atom. The zero-order chi connectivity index (χ0) is 22.4. The number of nitrogen functional groups attached to an aromatic ring is 1. The highest BCUT2D eigenvalue weighted by Gasteiger charge is 2.36. The van der Waals surface area contributed by atoms with Gasteiger partial charge in [0, 0.05) is 12.1 Å². The molecule has 2 aromatic carbocycles. The minimum atomic E-state index is -0.297. The molecule has 8 heteroatoms. The predicted octanol–water partition coefficient (Wildman–Crippen LogP) is 1.76. The van der Waals surface area contributed by atoms with Gasteiger partial charge in [-0.15, -0.1) is 0 Å². The molecule has 5 N–H and O–H groups in total. The molecule has 1 fully saturated rings. The topological polar surface area (TPSA) is 132 Å². The van der Waals surface area contributed by atoms with Crippen LogP contribution in [0.25, 0.3) is 11.1 Å². The highest BCUT2D eigenvalue weighted by molar-refractivity contribution is 6.01. The molecule has 1 heterocycles. The Kier molecular flexibility index (Phi) is 7.25. The molecule has 0 bridgehead atoms. The van der Waals surface area contributed by atoms with E-state index in [9.17, 15) is 9.59 Å². The maximum atomic E-state index is 12.3. The van der Waals surface area contributed by atoms with Crippen LogP contribution in [0.3, 0.4) is 0 Å². The van der Waals surface area contributed by atoms with Gasteiger partial charge in [0.05, 0.1) is 26.1 Å². The molecule has 3 rings (SSSR count). The van der Waals surface area contributed by atoms with Gasteiger partial charge in [-0.25, -0.2) is 0 Å². The molecular formula is C23H28N4O4. The molecule has 0 spiro atoms. The van der Waals surface area contributed by atoms with E-state index in [0.717, 1.165) is 11.1 Å². The summed E-state index contributed by atoms with van der Waals surface area (Å²) in [6.45, 7) is 0.609. The summed E-state index contributed by atoms with van der Waals surface area (Å²) in [5.41, 5.74) is 13.8. The van der Waals surface area contributed by atoms with Gasteiger partial charge in [0.2, 0.25) is 5.91 Å². The first kappa shape index (κ1) is 22.3. The van der Waals surface area contributed by atoms with E-state index in [0.29, 0.717) is 24.3 Å². The number of amides is 1. The molecule has 2 aromatic rings. The van der Waals surface area contributed by atoms with Crippen molar-refractivity contribution in [2.24, 2.45) is 17.4 Å². The molecule has 164 valence electrons. The molecule has 1 aliphatic rings. The van der Waals surface area contributed by atoms with Crippen LogP contribution in [0.15, 0.2) is 48.5 Å². The van der Waals surface area contributed by atoms with E-state index < -0.39 is 0 Å². The fourth-order valence-electron chi connectivity index (χ4n) is 3.96. The summed E-state index contributed by atoms with van der Waals surface area (Å²) in [6.07, 6.45) is 0.879. The van der Waals surface area contributed by atoms with E-state index in [1.54, 1.807) is 11.0 Å². The third kappa shape index (κ3) is 5.40. The summed E-state index contributed by atoms with van der Waals surface area (Å²) in [7, 11) is 1.35. The average molecular weight is 425 g/mol. The number of rotatable bonds is 8. The van der Waals surface area contributed by atoms with Crippen LogP contribution in [0.4, 0.5) is 0 Å². The average Bonchev–Trinajstić information content (AvgIpc) is 3.19. The lowest BCUT2D eigenvalue weighted by molar-refractivity contribution is -0.142. The SMILES string of the molecule is COC(=O)C[C@@H]1C[C@@H](COc2ccc(-c3ccccc3)c(C(=N)N)c2)N(C(=O)CN)C1. The first-order chi connectivity index (χ1) is 14.9. The van der Waals surface area contributed by atoms with Gasteiger partial charge in [-0.1, -0.05) is 30.3 Å². The number of amidine groups is 1. The predicted molar refractivity (Wildman–Crippen MR) is 118 cm³/mol. The lowest BCUT2D eigenvalue weighted by atomic mass is 9.99. The second-order valence-electron chi connectivity index (χ2n) is 7.58. The summed E-state index contributed by atoms with van der Waals surface area (Å²) in [6, 6.07) is 14.9. The quantitative estimate of drug-likeness (QED) is 0.336. The maximum absolute atomic E-state index is 12.3. The highest BCUT2D eigenvalue weighted by atomic mass is 16.5. The second kappa shape index (κ2) is 10.1. The van der Waals surface area contributed by atoms with E-state index in [4.69, 9.17) is 26.4 Å². The third-order valence-electron chi connectivity index (χ3n) is 5.49. The number of esters is 1. The number of nitrogens with two attached hydrogens (primary N) is 2. The van der Waals surface area contributed by atoms with Crippen LogP contribution in [0, 0.1) is 11.3 Å². The minimum Gasteiger partial charge on any atom is -0.491 e. The van der Waals surface area contributed by atoms with Gasteiger partial charge in [-0.3, -0.25) is 15.0 Å². The Hall–Kier alpha value is -3.39. The van der Waals surface area contributed by atoms with Gasteiger partial charge in [-0.05, 0) is 41.7 Å². The Labute approximate surface area is 181 Å². The molecule has 8 nitrogen and oxygen atoms in total. The van der Waals surface area contributed by atoms with E-state index in [-0.39, 0.29) is 49.2 Å². The molecule has 0 saturated carbocycles. The highest BCUT2D eigenvalue weighted by Crippen LogP contribution is 2.29. The molecule has 1 aliphatic heterocycles. The van der Waals surface area contributed by atoms with Crippen molar-refractivity contribution in [2.75, 3.05) is 26.8 Å². The Morgan fingerprint density at radius 2 is 1.94 bits per heavy atom. The van der Waals surface area contributed by atoms with E-state index >= 15 is 0 Å². The van der Waals surface area contributed by atoms with Crippen LogP contribution in [-0.4, -0.2) is 55.5 Å². The van der Waals surface area contributed by atoms with Crippen molar-refractivity contribution in [3.63, 3.8) is 0 Å². The molecular weight excluding hydrogens is 396 g/mol. The lowest BCUT2D eigenvalue weighted by Crippen LogP contribution is -2.42. The van der Waals surface area contributed by atoms with E-state index in [1.807, 2.05) is 42.5 Å². The van der Waals surface area contributed by atoms with Gasteiger partial charge in [0.1, 0.15) is 18.2 Å². The number of hydrogen-bond donors (Lipinski definition) is 3. The number of ether oxygens (including phenoxy) is 2. The fourth-order valence-corrected chi connectivity index (χ4v) is 3.96. The summed E-state index contributed by atoms with van der Waals surface area (Å²) in [5, 5.41) is 7.96. The number of nitrogens with one attached hydrogen (secondary N) is 1. The van der Waals surface area contributed by atoms with Crippen molar-refractivity contribution in [1.82, 2.24) is 4.90 Å². The smallest absolute Gasteiger partial charge is 0.305 e. The second-order valence-corrected chi connectivity index (χ2v) is 7.58. The summed E-state index contributed by atoms with van der Waals surface area (Å²) in [5.74, 6) is 0.0358. The zero-order valence-electron chi connectivity index (χ0n) is 17.5. The van der Waals surface area contributed by atoms with Gasteiger partial charge in [0.15, 0.2) is 0 Å². The largest absolute Gasteiger partial charge is 0.491 e. The summed E-state index contributed by atoms with van der Waals surface area (Å²) < 4.78 is 10.7. The molecule has 0 aliphatic carbocycles. The van der Waals surface area contributed by atoms with Crippen molar-refractivity contribution < 1.29 is 19.1 Å². The number of benzene rings is 2. The van der Waals surface area contributed by atoms with Crippen LogP contribution in [0.5, 0.6) is 5.75 Å².